The van der Waals surface area contributed by atoms with Gasteiger partial charge in [0.15, 0.2) is 0 Å². The molecule has 0 spiro atoms. The zero-order valence-electron chi connectivity index (χ0n) is 18.3. The molecular formula is C26H33N3O2. The van der Waals surface area contributed by atoms with Crippen LogP contribution in [-0.4, -0.2) is 54.3 Å². The van der Waals surface area contributed by atoms with Crippen LogP contribution in [0.2, 0.25) is 0 Å². The molecule has 5 nitrogen and oxygen atoms in total. The van der Waals surface area contributed by atoms with Crippen LogP contribution in [0.25, 0.3) is 0 Å². The largest absolute Gasteiger partial charge is 0.366 e. The van der Waals surface area contributed by atoms with E-state index in [2.05, 4.69) is 17.0 Å². The second-order valence-corrected chi connectivity index (χ2v) is 9.00. The van der Waals surface area contributed by atoms with Gasteiger partial charge in [0.05, 0.1) is 0 Å². The Morgan fingerprint density at radius 3 is 2.29 bits per heavy atom. The molecule has 5 heteroatoms. The van der Waals surface area contributed by atoms with Crippen molar-refractivity contribution in [3.8, 4) is 0 Å². The van der Waals surface area contributed by atoms with E-state index >= 15 is 0 Å². The number of carbonyl (C=O) groups excluding carboxylic acids is 2. The molecule has 2 aromatic carbocycles. The lowest BCUT2D eigenvalue weighted by Crippen LogP contribution is -2.50. The van der Waals surface area contributed by atoms with Crippen molar-refractivity contribution in [2.45, 2.75) is 38.5 Å². The van der Waals surface area contributed by atoms with Crippen LogP contribution in [0.5, 0.6) is 0 Å². The van der Waals surface area contributed by atoms with E-state index in [1.807, 2.05) is 29.2 Å². The van der Waals surface area contributed by atoms with Gasteiger partial charge in [-0.05, 0) is 48.4 Å². The van der Waals surface area contributed by atoms with Crippen LogP contribution < -0.4 is 5.73 Å². The maximum atomic E-state index is 13.4. The molecule has 2 amide bonds. The van der Waals surface area contributed by atoms with E-state index in [4.69, 9.17) is 5.73 Å². The summed E-state index contributed by atoms with van der Waals surface area (Å²) in [4.78, 5) is 29.6. The number of piperazine rings is 1. The quantitative estimate of drug-likeness (QED) is 0.776. The van der Waals surface area contributed by atoms with Gasteiger partial charge >= 0.3 is 0 Å². The number of rotatable bonds is 6. The first-order chi connectivity index (χ1) is 15.1. The van der Waals surface area contributed by atoms with E-state index in [0.29, 0.717) is 17.5 Å². The van der Waals surface area contributed by atoms with Gasteiger partial charge in [-0.1, -0.05) is 55.7 Å². The first kappa shape index (κ1) is 21.6. The second kappa shape index (κ2) is 10.1. The molecule has 1 saturated heterocycles. The molecule has 0 radical (unpaired) electrons. The molecule has 2 N–H and O–H groups in total. The van der Waals surface area contributed by atoms with E-state index in [9.17, 15) is 9.59 Å². The minimum absolute atomic E-state index is 0.00588. The second-order valence-electron chi connectivity index (χ2n) is 9.00. The predicted molar refractivity (Wildman–Crippen MR) is 123 cm³/mol. The summed E-state index contributed by atoms with van der Waals surface area (Å²) < 4.78 is 0. The summed E-state index contributed by atoms with van der Waals surface area (Å²) in [5.74, 6) is 0.324. The number of primary amides is 1. The normalized spacial score (nSPS) is 18.1. The van der Waals surface area contributed by atoms with Crippen LogP contribution in [0.15, 0.2) is 48.5 Å². The number of carbonyl (C=O) groups is 2. The fraction of sp³-hybridized carbons (Fsp3) is 0.462. The molecule has 31 heavy (non-hydrogen) atoms. The summed E-state index contributed by atoms with van der Waals surface area (Å²) in [5.41, 5.74) is 8.56. The Kier molecular flexibility index (Phi) is 7.03. The molecule has 1 saturated carbocycles. The van der Waals surface area contributed by atoms with Crippen molar-refractivity contribution in [1.29, 1.82) is 0 Å². The predicted octanol–water partition coefficient (Wildman–Crippen LogP) is 3.71. The van der Waals surface area contributed by atoms with Crippen LogP contribution in [0.3, 0.4) is 0 Å². The first-order valence-corrected chi connectivity index (χ1v) is 11.6. The van der Waals surface area contributed by atoms with Crippen molar-refractivity contribution in [1.82, 2.24) is 9.80 Å². The summed E-state index contributed by atoms with van der Waals surface area (Å²) in [6.45, 7) is 4.48. The molecule has 0 atom stereocenters. The lowest BCUT2D eigenvalue weighted by molar-refractivity contribution is 0.0605. The number of nitrogens with zero attached hydrogens (tertiary/aromatic N) is 2. The van der Waals surface area contributed by atoms with E-state index in [0.717, 1.165) is 43.2 Å². The van der Waals surface area contributed by atoms with Gasteiger partial charge in [-0.3, -0.25) is 14.5 Å². The summed E-state index contributed by atoms with van der Waals surface area (Å²) in [7, 11) is 0. The number of hydrogen-bond donors (Lipinski definition) is 1. The number of amides is 2. The third-order valence-corrected chi connectivity index (χ3v) is 6.76. The third-order valence-electron chi connectivity index (χ3n) is 6.76. The standard InChI is InChI=1S/C26H33N3O2/c27-25(30)23-12-11-22(17-20-7-3-1-4-8-20)24(18-23)26(31)29-15-13-28(14-16-29)19-21-9-5-2-6-10-21/h1,3-4,7-8,11-12,18,21H,2,5-6,9-10,13-17,19H2,(H2,27,30). The lowest BCUT2D eigenvalue weighted by atomic mass is 9.89. The average molecular weight is 420 g/mol. The highest BCUT2D eigenvalue weighted by atomic mass is 16.2. The monoisotopic (exact) mass is 419 g/mol. The minimum Gasteiger partial charge on any atom is -0.366 e. The fourth-order valence-corrected chi connectivity index (χ4v) is 4.94. The van der Waals surface area contributed by atoms with Crippen molar-refractivity contribution in [2.75, 3.05) is 32.7 Å². The van der Waals surface area contributed by atoms with Gasteiger partial charge in [-0.15, -0.1) is 0 Å². The Morgan fingerprint density at radius 2 is 1.61 bits per heavy atom. The van der Waals surface area contributed by atoms with Gasteiger partial charge in [0.1, 0.15) is 0 Å². The van der Waals surface area contributed by atoms with Crippen LogP contribution in [0, 0.1) is 5.92 Å². The van der Waals surface area contributed by atoms with Gasteiger partial charge < -0.3 is 10.6 Å². The van der Waals surface area contributed by atoms with Crippen LogP contribution in [-0.2, 0) is 6.42 Å². The zero-order chi connectivity index (χ0) is 21.6. The Labute approximate surface area is 185 Å². The molecule has 0 unspecified atom stereocenters. The van der Waals surface area contributed by atoms with E-state index in [1.54, 1.807) is 12.1 Å². The molecule has 0 bridgehead atoms. The van der Waals surface area contributed by atoms with Gasteiger partial charge in [0.25, 0.3) is 5.91 Å². The Morgan fingerprint density at radius 1 is 0.903 bits per heavy atom. The molecular weight excluding hydrogens is 386 g/mol. The molecule has 4 rings (SSSR count). The van der Waals surface area contributed by atoms with Gasteiger partial charge in [0.2, 0.25) is 5.91 Å². The van der Waals surface area contributed by atoms with E-state index in [1.165, 1.54) is 38.6 Å². The number of benzene rings is 2. The average Bonchev–Trinajstić information content (AvgIpc) is 2.80. The Hall–Kier alpha value is -2.66. The molecule has 2 fully saturated rings. The summed E-state index contributed by atoms with van der Waals surface area (Å²) in [5, 5.41) is 0. The topological polar surface area (TPSA) is 66.6 Å². The van der Waals surface area contributed by atoms with Crippen molar-refractivity contribution in [2.24, 2.45) is 11.7 Å². The summed E-state index contributed by atoms with van der Waals surface area (Å²) in [6, 6.07) is 15.4. The van der Waals surface area contributed by atoms with Crippen molar-refractivity contribution >= 4 is 11.8 Å². The molecule has 1 aliphatic carbocycles. The van der Waals surface area contributed by atoms with Crippen LogP contribution in [0.4, 0.5) is 0 Å². The highest BCUT2D eigenvalue weighted by Crippen LogP contribution is 2.25. The third kappa shape index (κ3) is 5.53. The van der Waals surface area contributed by atoms with Gasteiger partial charge in [-0.2, -0.15) is 0 Å². The van der Waals surface area contributed by atoms with Crippen LogP contribution >= 0.6 is 0 Å². The summed E-state index contributed by atoms with van der Waals surface area (Å²) >= 11 is 0. The van der Waals surface area contributed by atoms with Crippen molar-refractivity contribution < 1.29 is 9.59 Å². The fourth-order valence-electron chi connectivity index (χ4n) is 4.94. The molecule has 0 aromatic heterocycles. The Balaban J connectivity index is 1.45. The molecule has 164 valence electrons. The van der Waals surface area contributed by atoms with E-state index in [-0.39, 0.29) is 5.91 Å². The molecule has 1 aliphatic heterocycles. The number of hydrogen-bond acceptors (Lipinski definition) is 3. The minimum atomic E-state index is -0.502. The SMILES string of the molecule is NC(=O)c1ccc(Cc2ccccc2)c(C(=O)N2CCN(CC3CCCCC3)CC2)c1. The molecule has 2 aromatic rings. The molecule has 1 heterocycles. The van der Waals surface area contributed by atoms with E-state index < -0.39 is 5.91 Å². The van der Waals surface area contributed by atoms with Crippen molar-refractivity contribution in [3.63, 3.8) is 0 Å². The smallest absolute Gasteiger partial charge is 0.254 e. The first-order valence-electron chi connectivity index (χ1n) is 11.6. The summed E-state index contributed by atoms with van der Waals surface area (Å²) in [6.07, 6.45) is 7.47. The van der Waals surface area contributed by atoms with Gasteiger partial charge in [0, 0.05) is 43.9 Å². The van der Waals surface area contributed by atoms with Gasteiger partial charge in [-0.25, -0.2) is 0 Å². The highest BCUT2D eigenvalue weighted by molar-refractivity contribution is 6.00. The highest BCUT2D eigenvalue weighted by Gasteiger charge is 2.26. The Bertz CT molecular complexity index is 898. The number of nitrogens with two attached hydrogens (primary N) is 1. The maximum absolute atomic E-state index is 13.4. The maximum Gasteiger partial charge on any atom is 0.254 e. The lowest BCUT2D eigenvalue weighted by Gasteiger charge is -2.37. The van der Waals surface area contributed by atoms with Crippen LogP contribution in [0.1, 0.15) is 63.9 Å². The zero-order valence-corrected chi connectivity index (χ0v) is 18.3. The van der Waals surface area contributed by atoms with Crippen molar-refractivity contribution in [3.05, 3.63) is 70.8 Å². The molecule has 2 aliphatic rings.